The van der Waals surface area contributed by atoms with Crippen LogP contribution in [0, 0.1) is 11.8 Å². The van der Waals surface area contributed by atoms with Crippen molar-refractivity contribution in [2.75, 3.05) is 45.3 Å². The smallest absolute Gasteiger partial charge is 0.324 e. The molecular formula is C15H23N5O2. The average molecular weight is 305 g/mol. The Bertz CT molecular complexity index is 514. The highest BCUT2D eigenvalue weighted by Crippen LogP contribution is 2.39. The molecule has 2 aliphatic heterocycles. The van der Waals surface area contributed by atoms with Crippen molar-refractivity contribution in [3.8, 4) is 12.0 Å². The zero-order valence-corrected chi connectivity index (χ0v) is 13.2. The van der Waals surface area contributed by atoms with E-state index >= 15 is 0 Å². The fraction of sp³-hybridized carbons (Fsp3) is 0.800. The second-order valence-corrected chi connectivity index (χ2v) is 6.57. The van der Waals surface area contributed by atoms with Crippen LogP contribution in [0.25, 0.3) is 0 Å². The molecule has 0 aromatic carbocycles. The van der Waals surface area contributed by atoms with Gasteiger partial charge in [-0.2, -0.15) is 9.97 Å². The predicted octanol–water partition coefficient (Wildman–Crippen LogP) is 0.809. The molecule has 22 heavy (non-hydrogen) atoms. The van der Waals surface area contributed by atoms with Crippen LogP contribution in [-0.2, 0) is 0 Å². The molecule has 1 saturated carbocycles. The summed E-state index contributed by atoms with van der Waals surface area (Å²) >= 11 is 0. The van der Waals surface area contributed by atoms with E-state index in [4.69, 9.17) is 9.47 Å². The summed E-state index contributed by atoms with van der Waals surface area (Å²) in [4.78, 5) is 17.5. The Morgan fingerprint density at radius 2 is 1.45 bits per heavy atom. The summed E-state index contributed by atoms with van der Waals surface area (Å²) in [5, 5.41) is 0. The van der Waals surface area contributed by atoms with Crippen molar-refractivity contribution >= 4 is 5.95 Å². The topological polar surface area (TPSA) is 63.6 Å². The first-order chi connectivity index (χ1) is 10.8. The number of aromatic nitrogens is 3. The Hall–Kier alpha value is -1.63. The van der Waals surface area contributed by atoms with E-state index in [1.54, 1.807) is 14.2 Å². The van der Waals surface area contributed by atoms with Crippen LogP contribution >= 0.6 is 0 Å². The highest BCUT2D eigenvalue weighted by atomic mass is 16.5. The number of fused-ring (bicyclic) bond motifs is 1. The van der Waals surface area contributed by atoms with E-state index in [1.807, 2.05) is 0 Å². The molecule has 3 fully saturated rings. The second kappa shape index (κ2) is 5.53. The van der Waals surface area contributed by atoms with Crippen molar-refractivity contribution in [3.63, 3.8) is 0 Å². The molecule has 3 aliphatic rings. The number of hydrogen-bond donors (Lipinski definition) is 0. The van der Waals surface area contributed by atoms with Gasteiger partial charge in [0.2, 0.25) is 5.95 Å². The van der Waals surface area contributed by atoms with Gasteiger partial charge in [0.1, 0.15) is 0 Å². The Morgan fingerprint density at radius 3 is 2.00 bits per heavy atom. The lowest BCUT2D eigenvalue weighted by molar-refractivity contribution is 0.188. The van der Waals surface area contributed by atoms with Gasteiger partial charge >= 0.3 is 12.0 Å². The third kappa shape index (κ3) is 2.37. The molecule has 7 nitrogen and oxygen atoms in total. The fourth-order valence-electron chi connectivity index (χ4n) is 4.07. The molecule has 0 radical (unpaired) electrons. The molecule has 2 saturated heterocycles. The van der Waals surface area contributed by atoms with Gasteiger partial charge in [0.05, 0.1) is 14.2 Å². The molecule has 0 spiro atoms. The Balaban J connectivity index is 1.39. The third-order valence-corrected chi connectivity index (χ3v) is 5.36. The molecular weight excluding hydrogens is 282 g/mol. The highest BCUT2D eigenvalue weighted by molar-refractivity contribution is 5.37. The summed E-state index contributed by atoms with van der Waals surface area (Å²) in [6.45, 7) is 4.53. The lowest BCUT2D eigenvalue weighted by Crippen LogP contribution is -2.59. The zero-order valence-electron chi connectivity index (χ0n) is 13.2. The molecule has 7 heteroatoms. The molecule has 3 heterocycles. The van der Waals surface area contributed by atoms with Gasteiger partial charge in [-0.25, -0.2) is 0 Å². The number of ether oxygens (including phenoxy) is 2. The summed E-state index contributed by atoms with van der Waals surface area (Å²) in [7, 11) is 3.11. The molecule has 2 unspecified atom stereocenters. The van der Waals surface area contributed by atoms with E-state index < -0.39 is 0 Å². The van der Waals surface area contributed by atoms with Crippen LogP contribution in [-0.4, -0.2) is 66.3 Å². The lowest BCUT2D eigenvalue weighted by atomic mass is 10.0. The molecule has 1 aliphatic carbocycles. The van der Waals surface area contributed by atoms with E-state index in [9.17, 15) is 0 Å². The van der Waals surface area contributed by atoms with Gasteiger partial charge in [-0.1, -0.05) is 6.42 Å². The number of hydrogen-bond acceptors (Lipinski definition) is 7. The fourth-order valence-corrected chi connectivity index (χ4v) is 4.07. The maximum Gasteiger partial charge on any atom is 0.324 e. The number of likely N-dealkylation sites (tertiary alicyclic amines) is 1. The van der Waals surface area contributed by atoms with E-state index in [-0.39, 0.29) is 0 Å². The molecule has 0 N–H and O–H groups in total. The summed E-state index contributed by atoms with van der Waals surface area (Å²) in [5.41, 5.74) is 0. The lowest BCUT2D eigenvalue weighted by Gasteiger charge is -2.44. The first kappa shape index (κ1) is 14.0. The van der Waals surface area contributed by atoms with Crippen molar-refractivity contribution < 1.29 is 9.47 Å². The standard InChI is InChI=1S/C15H23N5O2/c1-21-14-16-13(17-15(18-14)22-2)20-8-12(9-20)19-6-10-4-3-5-11(10)7-19/h10-12H,3-9H2,1-2H3. The first-order valence-electron chi connectivity index (χ1n) is 8.10. The normalized spacial score (nSPS) is 28.5. The quantitative estimate of drug-likeness (QED) is 0.815. The van der Waals surface area contributed by atoms with Crippen LogP contribution in [0.2, 0.25) is 0 Å². The summed E-state index contributed by atoms with van der Waals surface area (Å²) < 4.78 is 10.2. The van der Waals surface area contributed by atoms with Crippen molar-refractivity contribution in [3.05, 3.63) is 0 Å². The van der Waals surface area contributed by atoms with Crippen LogP contribution in [0.3, 0.4) is 0 Å². The third-order valence-electron chi connectivity index (χ3n) is 5.36. The summed E-state index contributed by atoms with van der Waals surface area (Å²) in [5.74, 6) is 2.55. The van der Waals surface area contributed by atoms with Gasteiger partial charge in [0.25, 0.3) is 0 Å². The van der Waals surface area contributed by atoms with Crippen molar-refractivity contribution in [1.29, 1.82) is 0 Å². The molecule has 1 aromatic heterocycles. The van der Waals surface area contributed by atoms with E-state index in [1.165, 1.54) is 32.4 Å². The molecule has 120 valence electrons. The SMILES string of the molecule is COc1nc(OC)nc(N2CC(N3CC4CCCC4C3)C2)n1. The van der Waals surface area contributed by atoms with E-state index in [0.717, 1.165) is 24.9 Å². The molecule has 1 aromatic rings. The van der Waals surface area contributed by atoms with Gasteiger partial charge in [-0.3, -0.25) is 4.90 Å². The van der Waals surface area contributed by atoms with Crippen molar-refractivity contribution in [2.24, 2.45) is 11.8 Å². The molecule has 0 amide bonds. The number of anilines is 1. The highest BCUT2D eigenvalue weighted by Gasteiger charge is 2.42. The van der Waals surface area contributed by atoms with Gasteiger partial charge < -0.3 is 14.4 Å². The number of nitrogens with zero attached hydrogens (tertiary/aromatic N) is 5. The van der Waals surface area contributed by atoms with Crippen LogP contribution in [0.1, 0.15) is 19.3 Å². The van der Waals surface area contributed by atoms with Crippen LogP contribution in [0.5, 0.6) is 12.0 Å². The minimum atomic E-state index is 0.306. The van der Waals surface area contributed by atoms with Crippen molar-refractivity contribution in [1.82, 2.24) is 19.9 Å². The van der Waals surface area contributed by atoms with Crippen LogP contribution in [0.4, 0.5) is 5.95 Å². The maximum absolute atomic E-state index is 5.11. The average Bonchev–Trinajstić information content (AvgIpc) is 3.06. The second-order valence-electron chi connectivity index (χ2n) is 6.57. The predicted molar refractivity (Wildman–Crippen MR) is 81.3 cm³/mol. The minimum absolute atomic E-state index is 0.306. The zero-order chi connectivity index (χ0) is 15.1. The van der Waals surface area contributed by atoms with Crippen LogP contribution < -0.4 is 14.4 Å². The molecule has 0 bridgehead atoms. The van der Waals surface area contributed by atoms with Gasteiger partial charge in [-0.05, 0) is 24.7 Å². The van der Waals surface area contributed by atoms with E-state index in [0.29, 0.717) is 24.0 Å². The monoisotopic (exact) mass is 305 g/mol. The van der Waals surface area contributed by atoms with Gasteiger partial charge in [0, 0.05) is 32.2 Å². The van der Waals surface area contributed by atoms with Gasteiger partial charge in [-0.15, -0.1) is 4.98 Å². The molecule has 2 atom stereocenters. The Kier molecular flexibility index (Phi) is 3.52. The minimum Gasteiger partial charge on any atom is -0.467 e. The van der Waals surface area contributed by atoms with Crippen LogP contribution in [0.15, 0.2) is 0 Å². The largest absolute Gasteiger partial charge is 0.467 e. The first-order valence-corrected chi connectivity index (χ1v) is 8.10. The Labute approximate surface area is 130 Å². The van der Waals surface area contributed by atoms with E-state index in [2.05, 4.69) is 24.8 Å². The molecule has 4 rings (SSSR count). The Morgan fingerprint density at radius 1 is 0.864 bits per heavy atom. The maximum atomic E-state index is 5.11. The summed E-state index contributed by atoms with van der Waals surface area (Å²) in [6.07, 6.45) is 4.29. The van der Waals surface area contributed by atoms with Gasteiger partial charge in [0.15, 0.2) is 0 Å². The summed E-state index contributed by atoms with van der Waals surface area (Å²) in [6, 6.07) is 1.25. The van der Waals surface area contributed by atoms with Crippen molar-refractivity contribution in [2.45, 2.75) is 25.3 Å². The number of rotatable bonds is 4. The number of methoxy groups -OCH3 is 2.